The predicted octanol–water partition coefficient (Wildman–Crippen LogP) is 0.826. The minimum atomic E-state index is -1.20. The van der Waals surface area contributed by atoms with Gasteiger partial charge in [0.1, 0.15) is 11.8 Å². The molecule has 18 heavy (non-hydrogen) atoms. The number of nitrogens with one attached hydrogen (secondary N) is 1. The SMILES string of the molecule is CCOc1ccc(NC(=O)CC(N)C(=O)O)cc1. The van der Waals surface area contributed by atoms with Gasteiger partial charge in [-0.2, -0.15) is 0 Å². The Morgan fingerprint density at radius 3 is 2.50 bits per heavy atom. The van der Waals surface area contributed by atoms with E-state index in [0.29, 0.717) is 18.0 Å². The summed E-state index contributed by atoms with van der Waals surface area (Å²) < 4.78 is 5.25. The number of hydrogen-bond donors (Lipinski definition) is 3. The van der Waals surface area contributed by atoms with Gasteiger partial charge < -0.3 is 20.9 Å². The number of nitrogens with two attached hydrogens (primary N) is 1. The number of benzene rings is 1. The number of aliphatic carboxylic acids is 1. The van der Waals surface area contributed by atoms with Crippen molar-refractivity contribution in [2.45, 2.75) is 19.4 Å². The molecule has 1 atom stereocenters. The topological polar surface area (TPSA) is 102 Å². The first-order valence-corrected chi connectivity index (χ1v) is 5.54. The zero-order valence-electron chi connectivity index (χ0n) is 10.1. The first-order chi connectivity index (χ1) is 8.52. The fraction of sp³-hybridized carbons (Fsp3) is 0.333. The fourth-order valence-corrected chi connectivity index (χ4v) is 1.30. The Balaban J connectivity index is 2.51. The maximum atomic E-state index is 11.5. The third-order valence-electron chi connectivity index (χ3n) is 2.17. The molecule has 0 heterocycles. The van der Waals surface area contributed by atoms with Crippen molar-refractivity contribution in [3.8, 4) is 5.75 Å². The van der Waals surface area contributed by atoms with Crippen LogP contribution in [0.3, 0.4) is 0 Å². The molecular formula is C12H16N2O4. The van der Waals surface area contributed by atoms with E-state index in [-0.39, 0.29) is 6.42 Å². The van der Waals surface area contributed by atoms with Crippen LogP contribution in [0.25, 0.3) is 0 Å². The summed E-state index contributed by atoms with van der Waals surface area (Å²) in [6, 6.07) is 5.60. The minimum absolute atomic E-state index is 0.261. The van der Waals surface area contributed by atoms with Crippen molar-refractivity contribution in [2.24, 2.45) is 5.73 Å². The first kappa shape index (κ1) is 14.0. The summed E-state index contributed by atoms with van der Waals surface area (Å²) in [7, 11) is 0. The second kappa shape index (κ2) is 6.61. The summed E-state index contributed by atoms with van der Waals surface area (Å²) in [6.45, 7) is 2.45. The molecule has 0 bridgehead atoms. The van der Waals surface area contributed by atoms with Gasteiger partial charge in [0.2, 0.25) is 5.91 Å². The lowest BCUT2D eigenvalue weighted by Crippen LogP contribution is -2.34. The monoisotopic (exact) mass is 252 g/mol. The average Bonchev–Trinajstić information content (AvgIpc) is 2.31. The number of carboxylic acid groups (broad SMARTS) is 1. The highest BCUT2D eigenvalue weighted by Crippen LogP contribution is 2.15. The molecule has 0 spiro atoms. The van der Waals surface area contributed by atoms with Crippen LogP contribution in [0.15, 0.2) is 24.3 Å². The van der Waals surface area contributed by atoms with Gasteiger partial charge in [0, 0.05) is 5.69 Å². The van der Waals surface area contributed by atoms with Gasteiger partial charge in [-0.3, -0.25) is 9.59 Å². The van der Waals surface area contributed by atoms with E-state index < -0.39 is 17.9 Å². The van der Waals surface area contributed by atoms with Gasteiger partial charge in [-0.15, -0.1) is 0 Å². The van der Waals surface area contributed by atoms with Crippen LogP contribution >= 0.6 is 0 Å². The lowest BCUT2D eigenvalue weighted by molar-refractivity contribution is -0.140. The lowest BCUT2D eigenvalue weighted by atomic mass is 10.2. The zero-order chi connectivity index (χ0) is 13.5. The van der Waals surface area contributed by atoms with Crippen molar-refractivity contribution in [1.29, 1.82) is 0 Å². The van der Waals surface area contributed by atoms with Crippen molar-refractivity contribution in [2.75, 3.05) is 11.9 Å². The molecule has 0 aliphatic heterocycles. The normalized spacial score (nSPS) is 11.7. The van der Waals surface area contributed by atoms with Crippen LogP contribution in [0.5, 0.6) is 5.75 Å². The van der Waals surface area contributed by atoms with Crippen molar-refractivity contribution in [1.82, 2.24) is 0 Å². The van der Waals surface area contributed by atoms with Gasteiger partial charge in [-0.1, -0.05) is 0 Å². The summed E-state index contributed by atoms with van der Waals surface area (Å²) in [4.78, 5) is 21.9. The summed E-state index contributed by atoms with van der Waals surface area (Å²) in [6.07, 6.45) is -0.261. The minimum Gasteiger partial charge on any atom is -0.494 e. The number of carboxylic acids is 1. The molecule has 1 amide bonds. The largest absolute Gasteiger partial charge is 0.494 e. The fourth-order valence-electron chi connectivity index (χ4n) is 1.30. The molecular weight excluding hydrogens is 236 g/mol. The van der Waals surface area contributed by atoms with Crippen LogP contribution in [-0.4, -0.2) is 29.6 Å². The van der Waals surface area contributed by atoms with E-state index in [0.717, 1.165) is 0 Å². The summed E-state index contributed by atoms with van der Waals surface area (Å²) in [5.41, 5.74) is 5.82. The Bertz CT molecular complexity index is 417. The molecule has 1 aromatic rings. The Morgan fingerprint density at radius 1 is 1.39 bits per heavy atom. The first-order valence-electron chi connectivity index (χ1n) is 5.54. The summed E-state index contributed by atoms with van der Waals surface area (Å²) in [5, 5.41) is 11.1. The van der Waals surface area contributed by atoms with Gasteiger partial charge in [-0.05, 0) is 31.2 Å². The number of anilines is 1. The van der Waals surface area contributed by atoms with Crippen LogP contribution in [0.2, 0.25) is 0 Å². The lowest BCUT2D eigenvalue weighted by Gasteiger charge is -2.08. The van der Waals surface area contributed by atoms with Crippen molar-refractivity contribution in [3.63, 3.8) is 0 Å². The van der Waals surface area contributed by atoms with Gasteiger partial charge in [0.05, 0.1) is 13.0 Å². The zero-order valence-corrected chi connectivity index (χ0v) is 10.1. The molecule has 0 radical (unpaired) electrons. The van der Waals surface area contributed by atoms with Gasteiger partial charge >= 0.3 is 5.97 Å². The summed E-state index contributed by atoms with van der Waals surface area (Å²) in [5.74, 6) is -0.927. The maximum absolute atomic E-state index is 11.5. The van der Waals surface area contributed by atoms with Gasteiger partial charge in [-0.25, -0.2) is 0 Å². The number of carbonyl (C=O) groups is 2. The summed E-state index contributed by atoms with van der Waals surface area (Å²) >= 11 is 0. The predicted molar refractivity (Wildman–Crippen MR) is 66.5 cm³/mol. The second-order valence-corrected chi connectivity index (χ2v) is 3.65. The molecule has 0 aliphatic carbocycles. The number of rotatable bonds is 6. The van der Waals surface area contributed by atoms with E-state index in [1.54, 1.807) is 24.3 Å². The molecule has 6 nitrogen and oxygen atoms in total. The third kappa shape index (κ3) is 4.42. The van der Waals surface area contributed by atoms with E-state index in [1.165, 1.54) is 0 Å². The molecule has 0 saturated heterocycles. The molecule has 0 saturated carbocycles. The highest BCUT2D eigenvalue weighted by Gasteiger charge is 2.16. The molecule has 98 valence electrons. The van der Waals surface area contributed by atoms with Crippen molar-refractivity contribution >= 4 is 17.6 Å². The van der Waals surface area contributed by atoms with Crippen molar-refractivity contribution < 1.29 is 19.4 Å². The van der Waals surface area contributed by atoms with Gasteiger partial charge in [0.25, 0.3) is 0 Å². The van der Waals surface area contributed by atoms with E-state index >= 15 is 0 Å². The molecule has 0 fully saturated rings. The Labute approximate surface area is 105 Å². The standard InChI is InChI=1S/C12H16N2O4/c1-2-18-9-5-3-8(4-6-9)14-11(15)7-10(13)12(16)17/h3-6,10H,2,7,13H2,1H3,(H,14,15)(H,16,17). The van der Waals surface area contributed by atoms with E-state index in [2.05, 4.69) is 5.32 Å². The molecule has 0 aromatic heterocycles. The Kier molecular flexibility index (Phi) is 5.13. The highest BCUT2D eigenvalue weighted by molar-refractivity contribution is 5.93. The number of amides is 1. The molecule has 1 unspecified atom stereocenters. The van der Waals surface area contributed by atoms with Crippen molar-refractivity contribution in [3.05, 3.63) is 24.3 Å². The molecule has 4 N–H and O–H groups in total. The number of ether oxygens (including phenoxy) is 1. The van der Waals surface area contributed by atoms with Crippen LogP contribution < -0.4 is 15.8 Å². The van der Waals surface area contributed by atoms with E-state index in [4.69, 9.17) is 15.6 Å². The van der Waals surface area contributed by atoms with Crippen LogP contribution in [0, 0.1) is 0 Å². The smallest absolute Gasteiger partial charge is 0.321 e. The molecule has 1 rings (SSSR count). The molecule has 1 aromatic carbocycles. The van der Waals surface area contributed by atoms with Crippen LogP contribution in [0.4, 0.5) is 5.69 Å². The maximum Gasteiger partial charge on any atom is 0.321 e. The Hall–Kier alpha value is -2.08. The highest BCUT2D eigenvalue weighted by atomic mass is 16.5. The number of carbonyl (C=O) groups excluding carboxylic acids is 1. The number of hydrogen-bond acceptors (Lipinski definition) is 4. The Morgan fingerprint density at radius 2 is 2.00 bits per heavy atom. The third-order valence-corrected chi connectivity index (χ3v) is 2.17. The molecule has 6 heteroatoms. The average molecular weight is 252 g/mol. The van der Waals surface area contributed by atoms with Crippen LogP contribution in [0.1, 0.15) is 13.3 Å². The molecule has 0 aliphatic rings. The van der Waals surface area contributed by atoms with E-state index in [9.17, 15) is 9.59 Å². The van der Waals surface area contributed by atoms with Crippen LogP contribution in [-0.2, 0) is 9.59 Å². The quantitative estimate of drug-likeness (QED) is 0.696. The van der Waals surface area contributed by atoms with Gasteiger partial charge in [0.15, 0.2) is 0 Å². The van der Waals surface area contributed by atoms with E-state index in [1.807, 2.05) is 6.92 Å². The second-order valence-electron chi connectivity index (χ2n) is 3.65.